The number of hydrogen-bond acceptors (Lipinski definition) is 6. The molecule has 0 saturated heterocycles. The standard InChI is InChI=1S/C24H25N5O3/c25-11-15-3-4-16-12-29(13-17(16)6-15)14-21(30)28-18-7-24(8-18)9-19(10-24)32-23-20(22(26)31)2-1-5-27-23/h1-6,18-19H,7-10,12-14H2,(H2,26,31)(H,28,30). The molecule has 1 aliphatic heterocycles. The van der Waals surface area contributed by atoms with Crippen molar-refractivity contribution in [3.05, 3.63) is 58.8 Å². The van der Waals surface area contributed by atoms with Crippen molar-refractivity contribution in [1.82, 2.24) is 15.2 Å². The van der Waals surface area contributed by atoms with E-state index in [1.807, 2.05) is 18.2 Å². The van der Waals surface area contributed by atoms with Crippen LogP contribution >= 0.6 is 0 Å². The number of pyridine rings is 1. The number of amides is 2. The lowest BCUT2D eigenvalue weighted by Gasteiger charge is -2.57. The van der Waals surface area contributed by atoms with Crippen molar-refractivity contribution in [1.29, 1.82) is 5.26 Å². The third-order valence-electron chi connectivity index (χ3n) is 6.85. The minimum absolute atomic E-state index is 0.0288. The van der Waals surface area contributed by atoms with E-state index in [9.17, 15) is 9.59 Å². The first-order valence-corrected chi connectivity index (χ1v) is 10.9. The van der Waals surface area contributed by atoms with Crippen LogP contribution < -0.4 is 15.8 Å². The van der Waals surface area contributed by atoms with Gasteiger partial charge < -0.3 is 15.8 Å². The number of nitriles is 1. The minimum atomic E-state index is -0.542. The number of nitrogens with one attached hydrogen (secondary N) is 1. The molecule has 0 bridgehead atoms. The van der Waals surface area contributed by atoms with E-state index in [1.165, 1.54) is 5.56 Å². The number of ether oxygens (including phenoxy) is 1. The molecule has 32 heavy (non-hydrogen) atoms. The highest BCUT2D eigenvalue weighted by atomic mass is 16.5. The Morgan fingerprint density at radius 2 is 2.00 bits per heavy atom. The lowest BCUT2D eigenvalue weighted by molar-refractivity contribution is -0.128. The first-order chi connectivity index (χ1) is 15.4. The molecule has 1 aromatic carbocycles. The summed E-state index contributed by atoms with van der Waals surface area (Å²) in [6.45, 7) is 1.80. The van der Waals surface area contributed by atoms with E-state index in [0.717, 1.165) is 37.8 Å². The lowest BCUT2D eigenvalue weighted by atomic mass is 9.53. The number of fused-ring (bicyclic) bond motifs is 1. The van der Waals surface area contributed by atoms with Crippen LogP contribution in [0.2, 0.25) is 0 Å². The molecule has 164 valence electrons. The first kappa shape index (κ1) is 20.5. The van der Waals surface area contributed by atoms with Crippen molar-refractivity contribution in [2.45, 2.75) is 50.9 Å². The van der Waals surface area contributed by atoms with Crippen LogP contribution in [0.5, 0.6) is 5.88 Å². The van der Waals surface area contributed by atoms with Gasteiger partial charge in [0.2, 0.25) is 11.8 Å². The van der Waals surface area contributed by atoms with Crippen LogP contribution in [-0.2, 0) is 17.9 Å². The highest BCUT2D eigenvalue weighted by molar-refractivity contribution is 5.94. The number of benzene rings is 1. The van der Waals surface area contributed by atoms with E-state index in [-0.39, 0.29) is 23.5 Å². The first-order valence-electron chi connectivity index (χ1n) is 10.9. The quantitative estimate of drug-likeness (QED) is 0.720. The molecule has 2 aromatic rings. The van der Waals surface area contributed by atoms with Crippen molar-refractivity contribution in [2.24, 2.45) is 11.1 Å². The van der Waals surface area contributed by atoms with Gasteiger partial charge in [-0.05, 0) is 66.5 Å². The normalized spacial score (nSPS) is 25.8. The lowest BCUT2D eigenvalue weighted by Crippen LogP contribution is -2.59. The van der Waals surface area contributed by atoms with Gasteiger partial charge in [0.05, 0.1) is 18.2 Å². The molecule has 8 heteroatoms. The van der Waals surface area contributed by atoms with Gasteiger partial charge in [0.25, 0.3) is 5.91 Å². The summed E-state index contributed by atoms with van der Waals surface area (Å²) in [7, 11) is 0. The minimum Gasteiger partial charge on any atom is -0.474 e. The van der Waals surface area contributed by atoms with Crippen LogP contribution in [0.3, 0.4) is 0 Å². The van der Waals surface area contributed by atoms with E-state index in [0.29, 0.717) is 30.1 Å². The van der Waals surface area contributed by atoms with Crippen molar-refractivity contribution < 1.29 is 14.3 Å². The maximum atomic E-state index is 12.5. The predicted octanol–water partition coefficient (Wildman–Crippen LogP) is 1.87. The Balaban J connectivity index is 1.05. The molecule has 2 fully saturated rings. The van der Waals surface area contributed by atoms with Gasteiger partial charge >= 0.3 is 0 Å². The fourth-order valence-corrected chi connectivity index (χ4v) is 5.36. The number of rotatable bonds is 6. The second kappa shape index (κ2) is 7.92. The van der Waals surface area contributed by atoms with Crippen molar-refractivity contribution in [3.8, 4) is 11.9 Å². The topological polar surface area (TPSA) is 121 Å². The molecular weight excluding hydrogens is 406 g/mol. The van der Waals surface area contributed by atoms with Gasteiger partial charge in [-0.3, -0.25) is 14.5 Å². The monoisotopic (exact) mass is 431 g/mol. The molecule has 0 radical (unpaired) electrons. The Hall–Kier alpha value is -3.44. The highest BCUT2D eigenvalue weighted by Crippen LogP contribution is 2.56. The third kappa shape index (κ3) is 3.92. The molecule has 0 unspecified atom stereocenters. The molecule has 5 rings (SSSR count). The largest absolute Gasteiger partial charge is 0.474 e. The van der Waals surface area contributed by atoms with E-state index in [4.69, 9.17) is 15.7 Å². The van der Waals surface area contributed by atoms with Gasteiger partial charge in [0.15, 0.2) is 0 Å². The molecule has 2 saturated carbocycles. The third-order valence-corrected chi connectivity index (χ3v) is 6.85. The maximum Gasteiger partial charge on any atom is 0.254 e. The summed E-state index contributed by atoms with van der Waals surface area (Å²) in [6.07, 6.45) is 5.32. The summed E-state index contributed by atoms with van der Waals surface area (Å²) < 4.78 is 5.90. The molecule has 2 heterocycles. The van der Waals surface area contributed by atoms with Crippen molar-refractivity contribution in [2.75, 3.05) is 6.54 Å². The summed E-state index contributed by atoms with van der Waals surface area (Å²) in [6, 6.07) is 11.4. The number of nitrogens with two attached hydrogens (primary N) is 1. The van der Waals surface area contributed by atoms with E-state index >= 15 is 0 Å². The number of aromatic nitrogens is 1. The number of primary amides is 1. The van der Waals surface area contributed by atoms with Gasteiger partial charge in [0.1, 0.15) is 11.7 Å². The van der Waals surface area contributed by atoms with Crippen LogP contribution in [0.25, 0.3) is 0 Å². The van der Waals surface area contributed by atoms with Gasteiger partial charge in [-0.1, -0.05) is 6.07 Å². The molecule has 1 aromatic heterocycles. The summed E-state index contributed by atoms with van der Waals surface area (Å²) in [5.41, 5.74) is 8.89. The van der Waals surface area contributed by atoms with Gasteiger partial charge in [-0.2, -0.15) is 5.26 Å². The molecule has 3 aliphatic rings. The molecule has 2 aliphatic carbocycles. The van der Waals surface area contributed by atoms with Crippen LogP contribution in [0.4, 0.5) is 0 Å². The Morgan fingerprint density at radius 3 is 2.75 bits per heavy atom. The average Bonchev–Trinajstić information content (AvgIpc) is 3.11. The van der Waals surface area contributed by atoms with Gasteiger partial charge in [0, 0.05) is 25.3 Å². The van der Waals surface area contributed by atoms with Crippen LogP contribution in [-0.4, -0.2) is 40.4 Å². The Morgan fingerprint density at radius 1 is 1.22 bits per heavy atom. The van der Waals surface area contributed by atoms with Crippen molar-refractivity contribution >= 4 is 11.8 Å². The van der Waals surface area contributed by atoms with Gasteiger partial charge in [-0.25, -0.2) is 4.98 Å². The van der Waals surface area contributed by atoms with E-state index in [2.05, 4.69) is 21.3 Å². The summed E-state index contributed by atoms with van der Waals surface area (Å²) >= 11 is 0. The SMILES string of the molecule is N#Cc1ccc2c(c1)CN(CC(=O)NC1CC3(C1)CC(Oc1ncccc1C(N)=O)C3)C2. The zero-order valence-corrected chi connectivity index (χ0v) is 17.7. The number of nitrogens with zero attached hydrogens (tertiary/aromatic N) is 3. The second-order valence-electron chi connectivity index (χ2n) is 9.28. The number of carbonyl (C=O) groups is 2. The Labute approximate surface area is 186 Å². The average molecular weight is 431 g/mol. The summed E-state index contributed by atoms with van der Waals surface area (Å²) in [4.78, 5) is 30.3. The zero-order valence-electron chi connectivity index (χ0n) is 17.7. The fourth-order valence-electron chi connectivity index (χ4n) is 5.36. The summed E-state index contributed by atoms with van der Waals surface area (Å²) in [5, 5.41) is 12.2. The smallest absolute Gasteiger partial charge is 0.254 e. The highest BCUT2D eigenvalue weighted by Gasteiger charge is 2.54. The Kier molecular flexibility index (Phi) is 5.06. The molecule has 1 spiro atoms. The predicted molar refractivity (Wildman–Crippen MR) is 115 cm³/mol. The van der Waals surface area contributed by atoms with Gasteiger partial charge in [-0.15, -0.1) is 0 Å². The molecule has 3 N–H and O–H groups in total. The molecule has 0 atom stereocenters. The van der Waals surface area contributed by atoms with Crippen LogP contribution in [0.15, 0.2) is 36.5 Å². The molecular formula is C24H25N5O3. The fraction of sp³-hybridized carbons (Fsp3) is 0.417. The van der Waals surface area contributed by atoms with E-state index < -0.39 is 5.91 Å². The maximum absolute atomic E-state index is 12.5. The number of hydrogen-bond donors (Lipinski definition) is 2. The van der Waals surface area contributed by atoms with Crippen LogP contribution in [0.1, 0.15) is 52.7 Å². The van der Waals surface area contributed by atoms with Crippen molar-refractivity contribution in [3.63, 3.8) is 0 Å². The molecule has 8 nitrogen and oxygen atoms in total. The zero-order chi connectivity index (χ0) is 22.3. The molecule has 2 amide bonds. The van der Waals surface area contributed by atoms with Crippen LogP contribution in [0, 0.1) is 16.7 Å². The number of carbonyl (C=O) groups excluding carboxylic acids is 2. The summed E-state index contributed by atoms with van der Waals surface area (Å²) in [5.74, 6) is -0.192. The Bertz CT molecular complexity index is 1110. The second-order valence-corrected chi connectivity index (χ2v) is 9.28. The van der Waals surface area contributed by atoms with E-state index in [1.54, 1.807) is 18.3 Å².